The van der Waals surface area contributed by atoms with Crippen LogP contribution >= 0.6 is 11.6 Å². The number of phenols is 1. The second-order valence-corrected chi connectivity index (χ2v) is 6.68. The first-order chi connectivity index (χ1) is 13.4. The number of carbonyl (C=O) groups is 3. The molecule has 2 aromatic carbocycles. The van der Waals surface area contributed by atoms with Gasteiger partial charge >= 0.3 is 5.97 Å². The zero-order valence-corrected chi connectivity index (χ0v) is 16.3. The van der Waals surface area contributed by atoms with Crippen LogP contribution in [-0.2, 0) is 9.53 Å². The Kier molecular flexibility index (Phi) is 8.02. The van der Waals surface area contributed by atoms with Crippen molar-refractivity contribution in [1.29, 1.82) is 0 Å². The summed E-state index contributed by atoms with van der Waals surface area (Å²) in [6.45, 7) is 1.60. The van der Waals surface area contributed by atoms with Crippen LogP contribution in [0.25, 0.3) is 0 Å². The zero-order chi connectivity index (χ0) is 20.5. The van der Waals surface area contributed by atoms with E-state index >= 15 is 0 Å². The number of aromatic hydroxyl groups is 1. The number of carbonyl (C=O) groups excluding carboxylic acids is 3. The molecule has 0 saturated carbocycles. The molecule has 0 aliphatic carbocycles. The minimum Gasteiger partial charge on any atom is -0.507 e. The number of ketones is 1. The van der Waals surface area contributed by atoms with Crippen molar-refractivity contribution in [3.05, 3.63) is 58.6 Å². The summed E-state index contributed by atoms with van der Waals surface area (Å²) in [6.07, 6.45) is 3.36. The lowest BCUT2D eigenvalue weighted by molar-refractivity contribution is -0.116. The minimum atomic E-state index is -0.821. The summed E-state index contributed by atoms with van der Waals surface area (Å²) in [7, 11) is 0. The first-order valence-electron chi connectivity index (χ1n) is 8.99. The number of hydrogen-bond acceptors (Lipinski definition) is 5. The van der Waals surface area contributed by atoms with Crippen LogP contribution in [0.3, 0.4) is 0 Å². The Morgan fingerprint density at radius 1 is 1.07 bits per heavy atom. The fraction of sp³-hybridized carbons (Fsp3) is 0.286. The molecule has 6 nitrogen and oxygen atoms in total. The molecular weight excluding hydrogens is 382 g/mol. The van der Waals surface area contributed by atoms with Gasteiger partial charge in [0.1, 0.15) is 11.3 Å². The maximum absolute atomic E-state index is 12.2. The second-order valence-electron chi connectivity index (χ2n) is 6.24. The highest BCUT2D eigenvalue weighted by atomic mass is 35.5. The van der Waals surface area contributed by atoms with Crippen molar-refractivity contribution in [2.45, 2.75) is 32.6 Å². The third kappa shape index (κ3) is 6.39. The average Bonchev–Trinajstić information content (AvgIpc) is 2.66. The molecule has 1 amide bonds. The van der Waals surface area contributed by atoms with E-state index in [1.807, 2.05) is 0 Å². The molecule has 0 aliphatic heterocycles. The number of halogens is 1. The molecule has 7 heteroatoms. The lowest BCUT2D eigenvalue weighted by Crippen LogP contribution is -2.15. The third-order valence-corrected chi connectivity index (χ3v) is 4.25. The van der Waals surface area contributed by atoms with Gasteiger partial charge in [-0.05, 0) is 48.9 Å². The normalized spacial score (nSPS) is 10.4. The molecule has 0 unspecified atom stereocenters. The Balaban J connectivity index is 1.87. The number of ether oxygens (including phenoxy) is 1. The van der Waals surface area contributed by atoms with Crippen LogP contribution in [0.4, 0.5) is 5.69 Å². The number of esters is 1. The fourth-order valence-electron chi connectivity index (χ4n) is 2.47. The van der Waals surface area contributed by atoms with Crippen LogP contribution in [0.1, 0.15) is 53.3 Å². The highest BCUT2D eigenvalue weighted by Gasteiger charge is 2.15. The van der Waals surface area contributed by atoms with Crippen molar-refractivity contribution in [2.75, 3.05) is 11.9 Å². The Hall–Kier alpha value is -2.86. The monoisotopic (exact) mass is 403 g/mol. The van der Waals surface area contributed by atoms with Crippen molar-refractivity contribution < 1.29 is 24.2 Å². The number of amides is 1. The van der Waals surface area contributed by atoms with Gasteiger partial charge in [-0.1, -0.05) is 31.4 Å². The number of phenolic OH excluding ortho intramolecular Hbond substituents is 1. The highest BCUT2D eigenvalue weighted by Crippen LogP contribution is 2.22. The van der Waals surface area contributed by atoms with Gasteiger partial charge in [-0.25, -0.2) is 4.79 Å². The van der Waals surface area contributed by atoms with E-state index in [2.05, 4.69) is 12.2 Å². The summed E-state index contributed by atoms with van der Waals surface area (Å²) in [5.41, 5.74) is 0.872. The molecular formula is C21H22ClNO5. The van der Waals surface area contributed by atoms with Crippen LogP contribution < -0.4 is 5.32 Å². The van der Waals surface area contributed by atoms with E-state index < -0.39 is 18.4 Å². The number of Topliss-reactive ketones (excluding diaryl/α,β-unsaturated/α-hetero) is 1. The van der Waals surface area contributed by atoms with E-state index in [0.717, 1.165) is 19.3 Å². The molecule has 2 rings (SSSR count). The molecule has 0 aliphatic rings. The standard InChI is InChI=1S/C21H22ClNO5/c1-2-3-4-5-20(26)23-16-9-6-14(7-10-16)19(25)13-28-21(27)17-11-8-15(22)12-18(17)24/h6-12,24H,2-5,13H2,1H3,(H,23,26). The van der Waals surface area contributed by atoms with Crippen molar-refractivity contribution in [2.24, 2.45) is 0 Å². The molecule has 0 radical (unpaired) electrons. The van der Waals surface area contributed by atoms with Crippen molar-refractivity contribution in [3.8, 4) is 5.75 Å². The molecule has 2 N–H and O–H groups in total. The van der Waals surface area contributed by atoms with Crippen molar-refractivity contribution >= 4 is 34.9 Å². The van der Waals surface area contributed by atoms with Crippen LogP contribution in [0.2, 0.25) is 5.02 Å². The number of anilines is 1. The summed E-state index contributed by atoms with van der Waals surface area (Å²) in [5, 5.41) is 12.8. The van der Waals surface area contributed by atoms with Gasteiger partial charge in [-0.3, -0.25) is 9.59 Å². The predicted octanol–water partition coefficient (Wildman–Crippen LogP) is 4.60. The van der Waals surface area contributed by atoms with Gasteiger partial charge < -0.3 is 15.2 Å². The van der Waals surface area contributed by atoms with Gasteiger partial charge in [0.25, 0.3) is 0 Å². The van der Waals surface area contributed by atoms with Crippen LogP contribution in [0.5, 0.6) is 5.75 Å². The van der Waals surface area contributed by atoms with Crippen molar-refractivity contribution in [1.82, 2.24) is 0 Å². The highest BCUT2D eigenvalue weighted by molar-refractivity contribution is 6.30. The quantitative estimate of drug-likeness (QED) is 0.362. The Morgan fingerprint density at radius 2 is 1.79 bits per heavy atom. The zero-order valence-electron chi connectivity index (χ0n) is 15.5. The molecule has 0 heterocycles. The van der Waals surface area contributed by atoms with E-state index in [-0.39, 0.29) is 22.2 Å². The van der Waals surface area contributed by atoms with Gasteiger partial charge in [-0.2, -0.15) is 0 Å². The Labute approximate surface area is 168 Å². The van der Waals surface area contributed by atoms with E-state index in [1.165, 1.54) is 18.2 Å². The number of hydrogen-bond donors (Lipinski definition) is 2. The SMILES string of the molecule is CCCCCC(=O)Nc1ccc(C(=O)COC(=O)c2ccc(Cl)cc2O)cc1. The number of nitrogens with one attached hydrogen (secondary N) is 1. The fourth-order valence-corrected chi connectivity index (χ4v) is 2.63. The summed E-state index contributed by atoms with van der Waals surface area (Å²) in [5.74, 6) is -1.60. The Bertz CT molecular complexity index is 848. The molecule has 0 spiro atoms. The molecule has 0 aromatic heterocycles. The van der Waals surface area contributed by atoms with Gasteiger partial charge in [0.15, 0.2) is 12.4 Å². The average molecular weight is 404 g/mol. The molecule has 0 bridgehead atoms. The minimum absolute atomic E-state index is 0.0655. The molecule has 0 saturated heterocycles. The first kappa shape index (κ1) is 21.4. The summed E-state index contributed by atoms with van der Waals surface area (Å²) in [6, 6.07) is 10.3. The summed E-state index contributed by atoms with van der Waals surface area (Å²) >= 11 is 5.71. The largest absolute Gasteiger partial charge is 0.507 e. The first-order valence-corrected chi connectivity index (χ1v) is 9.37. The smallest absolute Gasteiger partial charge is 0.342 e. The molecule has 0 fully saturated rings. The number of rotatable bonds is 9. The lowest BCUT2D eigenvalue weighted by Gasteiger charge is -2.08. The molecule has 0 atom stereocenters. The van der Waals surface area contributed by atoms with E-state index in [1.54, 1.807) is 24.3 Å². The molecule has 148 valence electrons. The van der Waals surface area contributed by atoms with E-state index in [0.29, 0.717) is 17.7 Å². The lowest BCUT2D eigenvalue weighted by atomic mass is 10.1. The summed E-state index contributed by atoms with van der Waals surface area (Å²) in [4.78, 5) is 36.0. The van der Waals surface area contributed by atoms with Crippen LogP contribution in [0, 0.1) is 0 Å². The van der Waals surface area contributed by atoms with Gasteiger partial charge in [0, 0.05) is 22.7 Å². The topological polar surface area (TPSA) is 92.7 Å². The van der Waals surface area contributed by atoms with Gasteiger partial charge in [0.05, 0.1) is 0 Å². The van der Waals surface area contributed by atoms with Crippen LogP contribution in [-0.4, -0.2) is 29.4 Å². The number of unbranched alkanes of at least 4 members (excludes halogenated alkanes) is 2. The number of benzene rings is 2. The summed E-state index contributed by atoms with van der Waals surface area (Å²) < 4.78 is 4.95. The van der Waals surface area contributed by atoms with E-state index in [4.69, 9.17) is 16.3 Å². The molecule has 2 aromatic rings. The van der Waals surface area contributed by atoms with E-state index in [9.17, 15) is 19.5 Å². The molecule has 28 heavy (non-hydrogen) atoms. The maximum atomic E-state index is 12.2. The van der Waals surface area contributed by atoms with Gasteiger partial charge in [0.2, 0.25) is 5.91 Å². The third-order valence-electron chi connectivity index (χ3n) is 4.01. The second kappa shape index (κ2) is 10.5. The van der Waals surface area contributed by atoms with Crippen LogP contribution in [0.15, 0.2) is 42.5 Å². The Morgan fingerprint density at radius 3 is 2.43 bits per heavy atom. The van der Waals surface area contributed by atoms with Gasteiger partial charge in [-0.15, -0.1) is 0 Å². The maximum Gasteiger partial charge on any atom is 0.342 e. The van der Waals surface area contributed by atoms with Crippen molar-refractivity contribution in [3.63, 3.8) is 0 Å². The predicted molar refractivity (Wildman–Crippen MR) is 107 cm³/mol.